The molecular formula is C17H21N7OS. The smallest absolute Gasteiger partial charge is 0.277 e. The van der Waals surface area contributed by atoms with Crippen LogP contribution in [0.1, 0.15) is 30.6 Å². The van der Waals surface area contributed by atoms with Crippen molar-refractivity contribution < 1.29 is 4.42 Å². The van der Waals surface area contributed by atoms with Gasteiger partial charge in [0.1, 0.15) is 5.82 Å². The summed E-state index contributed by atoms with van der Waals surface area (Å²) >= 11 is 1.50. The van der Waals surface area contributed by atoms with E-state index in [0.29, 0.717) is 22.9 Å². The zero-order chi connectivity index (χ0) is 17.9. The van der Waals surface area contributed by atoms with Crippen LogP contribution in [0.25, 0.3) is 11.4 Å². The van der Waals surface area contributed by atoms with Gasteiger partial charge in [0, 0.05) is 24.9 Å². The fourth-order valence-corrected chi connectivity index (χ4v) is 3.80. The lowest BCUT2D eigenvalue weighted by molar-refractivity contribution is 0.210. The number of thioether (sulfide) groups is 1. The van der Waals surface area contributed by atoms with Gasteiger partial charge in [0.2, 0.25) is 5.89 Å². The standard InChI is InChI=1S/C17H21N7OS/c1-12-20-21-17(25-12)26-11-15-19-16(13-3-7-18-8-4-13)22-24(15)14-5-9-23(2)10-6-14/h3-4,7-8,14H,5-6,9-11H2,1-2H3. The van der Waals surface area contributed by atoms with Gasteiger partial charge in [0.15, 0.2) is 5.82 Å². The molecule has 0 atom stereocenters. The van der Waals surface area contributed by atoms with Crippen LogP contribution >= 0.6 is 11.8 Å². The largest absolute Gasteiger partial charge is 0.416 e. The van der Waals surface area contributed by atoms with Gasteiger partial charge in [0.25, 0.3) is 5.22 Å². The molecule has 1 aliphatic rings. The third-order valence-corrected chi connectivity index (χ3v) is 5.32. The molecule has 1 saturated heterocycles. The molecule has 1 fully saturated rings. The maximum Gasteiger partial charge on any atom is 0.277 e. The third-order valence-electron chi connectivity index (χ3n) is 4.51. The number of aryl methyl sites for hydroxylation is 1. The number of nitrogens with zero attached hydrogens (tertiary/aromatic N) is 7. The van der Waals surface area contributed by atoms with Gasteiger partial charge in [-0.1, -0.05) is 11.8 Å². The molecule has 0 amide bonds. The lowest BCUT2D eigenvalue weighted by Crippen LogP contribution is -2.32. The molecule has 8 nitrogen and oxygen atoms in total. The Balaban J connectivity index is 1.60. The van der Waals surface area contributed by atoms with Crippen LogP contribution in [0.15, 0.2) is 34.2 Å². The van der Waals surface area contributed by atoms with E-state index in [-0.39, 0.29) is 0 Å². The van der Waals surface area contributed by atoms with E-state index in [1.165, 1.54) is 11.8 Å². The van der Waals surface area contributed by atoms with E-state index in [9.17, 15) is 0 Å². The highest BCUT2D eigenvalue weighted by atomic mass is 32.2. The summed E-state index contributed by atoms with van der Waals surface area (Å²) in [6.45, 7) is 3.94. The Morgan fingerprint density at radius 2 is 1.96 bits per heavy atom. The lowest BCUT2D eigenvalue weighted by Gasteiger charge is -2.29. The number of hydrogen-bond donors (Lipinski definition) is 0. The Morgan fingerprint density at radius 1 is 1.19 bits per heavy atom. The Labute approximate surface area is 156 Å². The zero-order valence-corrected chi connectivity index (χ0v) is 15.7. The second-order valence-electron chi connectivity index (χ2n) is 6.44. The Morgan fingerprint density at radius 3 is 2.65 bits per heavy atom. The minimum Gasteiger partial charge on any atom is -0.416 e. The van der Waals surface area contributed by atoms with Crippen LogP contribution in [0.2, 0.25) is 0 Å². The molecule has 0 spiro atoms. The Kier molecular flexibility index (Phi) is 4.98. The molecular weight excluding hydrogens is 350 g/mol. The summed E-state index contributed by atoms with van der Waals surface area (Å²) in [6, 6.07) is 4.24. The minimum atomic E-state index is 0.370. The second kappa shape index (κ2) is 7.55. The van der Waals surface area contributed by atoms with Crippen LogP contribution < -0.4 is 0 Å². The van der Waals surface area contributed by atoms with Gasteiger partial charge < -0.3 is 9.32 Å². The van der Waals surface area contributed by atoms with E-state index in [1.54, 1.807) is 19.3 Å². The first kappa shape index (κ1) is 17.2. The molecule has 3 aromatic rings. The summed E-state index contributed by atoms with van der Waals surface area (Å²) in [5, 5.41) is 13.3. The fourth-order valence-electron chi connectivity index (χ4n) is 3.07. The summed E-state index contributed by atoms with van der Waals surface area (Å²) in [5.74, 6) is 2.89. The van der Waals surface area contributed by atoms with Crippen molar-refractivity contribution in [3.63, 3.8) is 0 Å². The highest BCUT2D eigenvalue weighted by molar-refractivity contribution is 7.98. The van der Waals surface area contributed by atoms with Crippen molar-refractivity contribution in [2.45, 2.75) is 36.8 Å². The topological polar surface area (TPSA) is 85.8 Å². The molecule has 0 unspecified atom stereocenters. The number of aromatic nitrogens is 6. The van der Waals surface area contributed by atoms with Crippen molar-refractivity contribution in [3.05, 3.63) is 36.2 Å². The van der Waals surface area contributed by atoms with Crippen LogP contribution in [0, 0.1) is 6.92 Å². The first-order valence-electron chi connectivity index (χ1n) is 8.66. The van der Waals surface area contributed by atoms with Gasteiger partial charge >= 0.3 is 0 Å². The molecule has 1 aliphatic heterocycles. The normalized spacial score (nSPS) is 16.2. The van der Waals surface area contributed by atoms with E-state index in [2.05, 4.69) is 31.8 Å². The number of hydrogen-bond acceptors (Lipinski definition) is 8. The van der Waals surface area contributed by atoms with E-state index >= 15 is 0 Å². The van der Waals surface area contributed by atoms with Crippen LogP contribution in [0.3, 0.4) is 0 Å². The predicted octanol–water partition coefficient (Wildman–Crippen LogP) is 2.59. The van der Waals surface area contributed by atoms with Crippen molar-refractivity contribution in [1.29, 1.82) is 0 Å². The summed E-state index contributed by atoms with van der Waals surface area (Å²) < 4.78 is 7.56. The molecule has 26 heavy (non-hydrogen) atoms. The van der Waals surface area contributed by atoms with Gasteiger partial charge in [0.05, 0.1) is 11.8 Å². The summed E-state index contributed by atoms with van der Waals surface area (Å²) in [6.07, 6.45) is 5.68. The van der Waals surface area contributed by atoms with Gasteiger partial charge in [-0.15, -0.1) is 10.2 Å². The first-order chi connectivity index (χ1) is 12.7. The molecule has 0 bridgehead atoms. The highest BCUT2D eigenvalue weighted by Gasteiger charge is 2.23. The summed E-state index contributed by atoms with van der Waals surface area (Å²) in [5.41, 5.74) is 0.978. The van der Waals surface area contributed by atoms with Crippen molar-refractivity contribution in [2.24, 2.45) is 0 Å². The third kappa shape index (κ3) is 3.78. The monoisotopic (exact) mass is 371 g/mol. The van der Waals surface area contributed by atoms with Gasteiger partial charge in [-0.3, -0.25) is 4.98 Å². The van der Waals surface area contributed by atoms with Crippen LogP contribution in [0.4, 0.5) is 0 Å². The molecule has 4 heterocycles. The van der Waals surface area contributed by atoms with Gasteiger partial charge in [-0.05, 0) is 45.1 Å². The molecule has 0 radical (unpaired) electrons. The number of pyridine rings is 1. The van der Waals surface area contributed by atoms with Crippen molar-refractivity contribution in [1.82, 2.24) is 34.8 Å². The molecule has 9 heteroatoms. The van der Waals surface area contributed by atoms with Gasteiger partial charge in [-0.25, -0.2) is 9.67 Å². The fraction of sp³-hybridized carbons (Fsp3) is 0.471. The van der Waals surface area contributed by atoms with E-state index in [4.69, 9.17) is 14.5 Å². The van der Waals surface area contributed by atoms with Crippen molar-refractivity contribution in [3.8, 4) is 11.4 Å². The molecule has 0 aromatic carbocycles. The molecule has 4 rings (SSSR count). The maximum absolute atomic E-state index is 5.46. The number of likely N-dealkylation sites (tertiary alicyclic amines) is 1. The Bertz CT molecular complexity index is 855. The number of piperidine rings is 1. The van der Waals surface area contributed by atoms with Gasteiger partial charge in [-0.2, -0.15) is 5.10 Å². The molecule has 3 aromatic heterocycles. The first-order valence-corrected chi connectivity index (χ1v) is 9.65. The quantitative estimate of drug-likeness (QED) is 0.633. The predicted molar refractivity (Wildman–Crippen MR) is 97.6 cm³/mol. The average molecular weight is 371 g/mol. The second-order valence-corrected chi connectivity index (χ2v) is 7.37. The Hall–Kier alpha value is -2.26. The van der Waals surface area contributed by atoms with Crippen molar-refractivity contribution in [2.75, 3.05) is 20.1 Å². The lowest BCUT2D eigenvalue weighted by atomic mass is 10.1. The minimum absolute atomic E-state index is 0.370. The average Bonchev–Trinajstić information content (AvgIpc) is 3.28. The summed E-state index contributed by atoms with van der Waals surface area (Å²) in [7, 11) is 2.16. The highest BCUT2D eigenvalue weighted by Crippen LogP contribution is 2.28. The zero-order valence-electron chi connectivity index (χ0n) is 14.9. The molecule has 136 valence electrons. The van der Waals surface area contributed by atoms with Crippen LogP contribution in [-0.2, 0) is 5.75 Å². The van der Waals surface area contributed by atoms with Crippen molar-refractivity contribution >= 4 is 11.8 Å². The van der Waals surface area contributed by atoms with Crippen LogP contribution in [-0.4, -0.2) is 55.0 Å². The van der Waals surface area contributed by atoms with Crippen LogP contribution in [0.5, 0.6) is 0 Å². The SMILES string of the molecule is Cc1nnc(SCc2nc(-c3ccncc3)nn2C2CCN(C)CC2)o1. The maximum atomic E-state index is 5.46. The van der Waals surface area contributed by atoms with E-state index < -0.39 is 0 Å². The van der Waals surface area contributed by atoms with E-state index in [0.717, 1.165) is 43.1 Å². The summed E-state index contributed by atoms with van der Waals surface area (Å²) in [4.78, 5) is 11.2. The molecule has 0 aliphatic carbocycles. The number of rotatable bonds is 5. The molecule has 0 N–H and O–H groups in total. The molecule has 0 saturated carbocycles. The van der Waals surface area contributed by atoms with E-state index in [1.807, 2.05) is 12.1 Å².